The van der Waals surface area contributed by atoms with Gasteiger partial charge in [-0.2, -0.15) is 15.2 Å². The number of benzene rings is 2. The van der Waals surface area contributed by atoms with E-state index in [-0.39, 0.29) is 11.8 Å². The molecule has 138 valence electrons. The highest BCUT2D eigenvalue weighted by Crippen LogP contribution is 2.38. The number of fused-ring (bicyclic) bond motifs is 1. The second-order valence-electron chi connectivity index (χ2n) is 5.93. The minimum Gasteiger partial charge on any atom is -0.434 e. The maximum atomic E-state index is 8.91. The van der Waals surface area contributed by atoms with Gasteiger partial charge in [0.2, 0.25) is 5.95 Å². The van der Waals surface area contributed by atoms with Gasteiger partial charge < -0.3 is 15.0 Å². The van der Waals surface area contributed by atoms with Gasteiger partial charge in [0.1, 0.15) is 5.52 Å². The highest BCUT2D eigenvalue weighted by Gasteiger charge is 2.16. The third-order valence-corrected chi connectivity index (χ3v) is 4.43. The van der Waals surface area contributed by atoms with Gasteiger partial charge in [0, 0.05) is 5.69 Å². The first-order chi connectivity index (χ1) is 13.5. The second-order valence-corrected chi connectivity index (χ2v) is 6.74. The van der Waals surface area contributed by atoms with Gasteiger partial charge in [-0.15, -0.1) is 0 Å². The molecule has 0 amide bonds. The topological polar surface area (TPSA) is 99.5 Å². The summed E-state index contributed by atoms with van der Waals surface area (Å²) in [6.07, 6.45) is 1.50. The number of imidazole rings is 1. The summed E-state index contributed by atoms with van der Waals surface area (Å²) in [4.78, 5) is 15.9. The van der Waals surface area contributed by atoms with E-state index in [1.807, 2.05) is 6.92 Å². The minimum atomic E-state index is 0.228. The third kappa shape index (κ3) is 3.56. The summed E-state index contributed by atoms with van der Waals surface area (Å²) in [5, 5.41) is 12.7. The van der Waals surface area contributed by atoms with E-state index in [1.165, 1.54) is 6.33 Å². The van der Waals surface area contributed by atoms with Crippen molar-refractivity contribution in [3.63, 3.8) is 0 Å². The number of halogens is 2. The van der Waals surface area contributed by atoms with Crippen molar-refractivity contribution >= 4 is 46.0 Å². The summed E-state index contributed by atoms with van der Waals surface area (Å²) in [6, 6.07) is 12.5. The molecule has 2 aromatic heterocycles. The Labute approximate surface area is 169 Å². The van der Waals surface area contributed by atoms with Crippen LogP contribution in [0.3, 0.4) is 0 Å². The third-order valence-electron chi connectivity index (χ3n) is 3.86. The number of hydrogen-bond donors (Lipinski definition) is 2. The predicted molar refractivity (Wildman–Crippen MR) is 107 cm³/mol. The summed E-state index contributed by atoms with van der Waals surface area (Å²) in [5.41, 5.74) is 3.12. The number of rotatable bonds is 4. The number of hydrogen-bond acceptors (Lipinski definition) is 6. The molecule has 0 radical (unpaired) electrons. The van der Waals surface area contributed by atoms with E-state index in [4.69, 9.17) is 33.2 Å². The first-order valence-electron chi connectivity index (χ1n) is 8.15. The van der Waals surface area contributed by atoms with Crippen molar-refractivity contribution in [1.82, 2.24) is 19.9 Å². The number of aromatic amines is 1. The summed E-state index contributed by atoms with van der Waals surface area (Å²) in [7, 11) is 0. The van der Waals surface area contributed by atoms with Crippen LogP contribution in [0.1, 0.15) is 11.1 Å². The smallest absolute Gasteiger partial charge is 0.250 e. The van der Waals surface area contributed by atoms with E-state index in [2.05, 4.69) is 31.3 Å². The van der Waals surface area contributed by atoms with Crippen LogP contribution in [0.5, 0.6) is 11.6 Å². The summed E-state index contributed by atoms with van der Waals surface area (Å²) in [6.45, 7) is 1.89. The Bertz CT molecular complexity index is 1190. The number of ether oxygens (including phenoxy) is 1. The summed E-state index contributed by atoms with van der Waals surface area (Å²) < 4.78 is 5.91. The van der Waals surface area contributed by atoms with Gasteiger partial charge >= 0.3 is 0 Å². The molecule has 2 N–H and O–H groups in total. The van der Waals surface area contributed by atoms with Crippen LogP contribution in [0.2, 0.25) is 10.0 Å². The number of aryl methyl sites for hydroxylation is 1. The molecule has 0 fully saturated rings. The quantitative estimate of drug-likeness (QED) is 0.468. The lowest BCUT2D eigenvalue weighted by atomic mass is 10.2. The van der Waals surface area contributed by atoms with Crippen molar-refractivity contribution in [2.75, 3.05) is 5.32 Å². The monoisotopic (exact) mass is 410 g/mol. The van der Waals surface area contributed by atoms with Gasteiger partial charge in [-0.1, -0.05) is 23.2 Å². The fourth-order valence-corrected chi connectivity index (χ4v) is 3.25. The lowest BCUT2D eigenvalue weighted by molar-refractivity contribution is 0.468. The first-order valence-corrected chi connectivity index (χ1v) is 8.91. The van der Waals surface area contributed by atoms with Crippen molar-refractivity contribution in [3.8, 4) is 17.7 Å². The van der Waals surface area contributed by atoms with Crippen molar-refractivity contribution in [2.24, 2.45) is 0 Å². The average molecular weight is 411 g/mol. The van der Waals surface area contributed by atoms with Gasteiger partial charge in [0.05, 0.1) is 28.0 Å². The molecule has 0 aliphatic heterocycles. The molecule has 2 heterocycles. The van der Waals surface area contributed by atoms with Gasteiger partial charge in [-0.3, -0.25) is 0 Å². The number of H-pyrrole nitrogens is 1. The average Bonchev–Trinajstić information content (AvgIpc) is 3.14. The van der Waals surface area contributed by atoms with Crippen LogP contribution >= 0.6 is 23.2 Å². The predicted octanol–water partition coefficient (Wildman–Crippen LogP) is 5.38. The molecule has 2 aromatic carbocycles. The van der Waals surface area contributed by atoms with E-state index in [1.54, 1.807) is 36.4 Å². The standard InChI is InChI=1S/C19H12Cl2N6O/c1-10-6-13(20)16(14(21)7-10)28-18-15-17(24-9-23-15)26-19(27-18)25-12-4-2-11(8-22)3-5-12/h2-7,9H,1H3,(H2,23,24,25,26,27). The summed E-state index contributed by atoms with van der Waals surface area (Å²) in [5.74, 6) is 0.804. The number of nitriles is 1. The lowest BCUT2D eigenvalue weighted by Crippen LogP contribution is -2.00. The van der Waals surface area contributed by atoms with Crippen LogP contribution in [-0.4, -0.2) is 19.9 Å². The molecule has 0 aliphatic rings. The highest BCUT2D eigenvalue weighted by atomic mass is 35.5. The van der Waals surface area contributed by atoms with Crippen LogP contribution in [0, 0.1) is 18.3 Å². The van der Waals surface area contributed by atoms with Gasteiger partial charge in [-0.05, 0) is 48.9 Å². The molecule has 0 spiro atoms. The molecule has 0 aliphatic carbocycles. The van der Waals surface area contributed by atoms with Crippen molar-refractivity contribution in [2.45, 2.75) is 6.92 Å². The number of nitrogens with zero attached hydrogens (tertiary/aromatic N) is 4. The van der Waals surface area contributed by atoms with E-state index >= 15 is 0 Å². The molecule has 4 rings (SSSR count). The fraction of sp³-hybridized carbons (Fsp3) is 0.0526. The van der Waals surface area contributed by atoms with Gasteiger partial charge in [-0.25, -0.2) is 4.98 Å². The Kier molecular flexibility index (Phi) is 4.74. The Balaban J connectivity index is 1.72. The molecule has 4 aromatic rings. The molecule has 0 unspecified atom stereocenters. The van der Waals surface area contributed by atoms with Gasteiger partial charge in [0.25, 0.3) is 5.88 Å². The summed E-state index contributed by atoms with van der Waals surface area (Å²) >= 11 is 12.6. The Morgan fingerprint density at radius 2 is 1.82 bits per heavy atom. The highest BCUT2D eigenvalue weighted by molar-refractivity contribution is 6.37. The zero-order valence-corrected chi connectivity index (χ0v) is 16.0. The Hall–Kier alpha value is -3.34. The normalized spacial score (nSPS) is 10.6. The minimum absolute atomic E-state index is 0.228. The molecule has 28 heavy (non-hydrogen) atoms. The SMILES string of the molecule is Cc1cc(Cl)c(Oc2nc(Nc3ccc(C#N)cc3)nc3nc[nH]c23)c(Cl)c1. The van der Waals surface area contributed by atoms with Gasteiger partial charge in [0.15, 0.2) is 11.4 Å². The van der Waals surface area contributed by atoms with Crippen LogP contribution < -0.4 is 10.1 Å². The zero-order chi connectivity index (χ0) is 19.7. The van der Waals surface area contributed by atoms with E-state index in [0.29, 0.717) is 38.2 Å². The molecule has 0 atom stereocenters. The first kappa shape index (κ1) is 18.0. The molecular formula is C19H12Cl2N6O. The molecule has 9 heteroatoms. The Morgan fingerprint density at radius 1 is 1.11 bits per heavy atom. The van der Waals surface area contributed by atoms with Crippen LogP contribution in [0.15, 0.2) is 42.7 Å². The van der Waals surface area contributed by atoms with Crippen LogP contribution in [-0.2, 0) is 0 Å². The van der Waals surface area contributed by atoms with Crippen molar-refractivity contribution in [3.05, 3.63) is 63.9 Å². The lowest BCUT2D eigenvalue weighted by Gasteiger charge is -2.11. The molecule has 0 saturated carbocycles. The number of anilines is 2. The van der Waals surface area contributed by atoms with Crippen LogP contribution in [0.25, 0.3) is 11.2 Å². The van der Waals surface area contributed by atoms with Crippen LogP contribution in [0.4, 0.5) is 11.6 Å². The van der Waals surface area contributed by atoms with Crippen molar-refractivity contribution in [1.29, 1.82) is 5.26 Å². The molecular weight excluding hydrogens is 399 g/mol. The largest absolute Gasteiger partial charge is 0.434 e. The fourth-order valence-electron chi connectivity index (χ4n) is 2.57. The van der Waals surface area contributed by atoms with E-state index < -0.39 is 0 Å². The number of aromatic nitrogens is 4. The maximum absolute atomic E-state index is 8.91. The maximum Gasteiger partial charge on any atom is 0.250 e. The number of nitrogens with one attached hydrogen (secondary N) is 2. The second kappa shape index (κ2) is 7.35. The molecule has 7 nitrogen and oxygen atoms in total. The van der Waals surface area contributed by atoms with E-state index in [9.17, 15) is 0 Å². The van der Waals surface area contributed by atoms with E-state index in [0.717, 1.165) is 5.56 Å². The molecule has 0 bridgehead atoms. The Morgan fingerprint density at radius 3 is 2.50 bits per heavy atom. The van der Waals surface area contributed by atoms with Crippen molar-refractivity contribution < 1.29 is 4.74 Å². The zero-order valence-electron chi connectivity index (χ0n) is 14.5. The molecule has 0 saturated heterocycles.